The molecule has 0 spiro atoms. The maximum absolute atomic E-state index is 3.72. The van der Waals surface area contributed by atoms with E-state index in [9.17, 15) is 0 Å². The van der Waals surface area contributed by atoms with Crippen LogP contribution in [0, 0.1) is 5.92 Å². The number of fused-ring (bicyclic) bond motifs is 1. The van der Waals surface area contributed by atoms with Gasteiger partial charge < -0.3 is 5.32 Å². The second-order valence-electron chi connectivity index (χ2n) is 4.84. The van der Waals surface area contributed by atoms with Crippen LogP contribution in [-0.2, 0) is 12.8 Å². The molecule has 1 unspecified atom stereocenters. The molecule has 0 aliphatic carbocycles. The minimum Gasteiger partial charge on any atom is -0.382 e. The van der Waals surface area contributed by atoms with Gasteiger partial charge in [-0.2, -0.15) is 0 Å². The summed E-state index contributed by atoms with van der Waals surface area (Å²) in [4.78, 5) is 0. The van der Waals surface area contributed by atoms with Crippen molar-refractivity contribution in [3.8, 4) is 0 Å². The van der Waals surface area contributed by atoms with Crippen LogP contribution in [0.25, 0.3) is 0 Å². The van der Waals surface area contributed by atoms with E-state index in [-0.39, 0.29) is 0 Å². The molecule has 0 saturated carbocycles. The molecule has 1 atom stereocenters. The van der Waals surface area contributed by atoms with Gasteiger partial charge in [0.15, 0.2) is 0 Å². The maximum Gasteiger partial charge on any atom is 0.0407 e. The molecule has 1 aromatic carbocycles. The Kier molecular flexibility index (Phi) is 2.99. The monoisotopic (exact) mass is 203 g/mol. The first-order valence-corrected chi connectivity index (χ1v) is 6.09. The van der Waals surface area contributed by atoms with Gasteiger partial charge in [0.2, 0.25) is 0 Å². The molecule has 1 aliphatic rings. The van der Waals surface area contributed by atoms with Gasteiger partial charge in [0.05, 0.1) is 0 Å². The Bertz CT molecular complexity index is 327. The normalized spacial score (nSPS) is 19.9. The Morgan fingerprint density at radius 2 is 2.20 bits per heavy atom. The van der Waals surface area contributed by atoms with Gasteiger partial charge in [0.1, 0.15) is 0 Å². The summed E-state index contributed by atoms with van der Waals surface area (Å²) in [6.45, 7) is 6.84. The number of hydrogen-bond donors (Lipinski definition) is 1. The zero-order valence-electron chi connectivity index (χ0n) is 10.0. The van der Waals surface area contributed by atoms with Gasteiger partial charge in [-0.3, -0.25) is 0 Å². The van der Waals surface area contributed by atoms with E-state index in [4.69, 9.17) is 0 Å². The molecule has 0 fully saturated rings. The van der Waals surface area contributed by atoms with Crippen molar-refractivity contribution in [3.05, 3.63) is 29.3 Å². The van der Waals surface area contributed by atoms with Crippen LogP contribution in [0.2, 0.25) is 0 Å². The minimum absolute atomic E-state index is 0.658. The highest BCUT2D eigenvalue weighted by Crippen LogP contribution is 2.30. The molecule has 1 N–H and O–H groups in total. The fourth-order valence-electron chi connectivity index (χ4n) is 2.41. The standard InChI is InChI=1S/C14H21N/c1-4-11-6-5-7-12-8-9-13(10(2)3)15-14(11)12/h5-7,10,13,15H,4,8-9H2,1-3H3. The van der Waals surface area contributed by atoms with Crippen LogP contribution in [0.15, 0.2) is 18.2 Å². The molecule has 1 aromatic rings. The lowest BCUT2D eigenvalue weighted by molar-refractivity contribution is 0.482. The second kappa shape index (κ2) is 4.26. The van der Waals surface area contributed by atoms with Crippen LogP contribution < -0.4 is 5.32 Å². The molecular weight excluding hydrogens is 182 g/mol. The third-order valence-electron chi connectivity index (χ3n) is 3.48. The first-order valence-electron chi connectivity index (χ1n) is 6.09. The van der Waals surface area contributed by atoms with Gasteiger partial charge in [-0.1, -0.05) is 39.0 Å². The number of nitrogens with one attached hydrogen (secondary N) is 1. The molecule has 1 aliphatic heterocycles. The molecule has 2 rings (SSSR count). The van der Waals surface area contributed by atoms with Gasteiger partial charge in [-0.05, 0) is 36.3 Å². The molecule has 82 valence electrons. The van der Waals surface area contributed by atoms with Crippen molar-refractivity contribution in [2.24, 2.45) is 5.92 Å². The largest absolute Gasteiger partial charge is 0.382 e. The summed E-state index contributed by atoms with van der Waals surface area (Å²) >= 11 is 0. The first kappa shape index (κ1) is 10.5. The summed E-state index contributed by atoms with van der Waals surface area (Å²) in [7, 11) is 0. The third kappa shape index (κ3) is 2.01. The van der Waals surface area contributed by atoms with Gasteiger partial charge >= 0.3 is 0 Å². The smallest absolute Gasteiger partial charge is 0.0407 e. The quantitative estimate of drug-likeness (QED) is 0.774. The zero-order chi connectivity index (χ0) is 10.8. The van der Waals surface area contributed by atoms with E-state index in [0.29, 0.717) is 6.04 Å². The average Bonchev–Trinajstić information content (AvgIpc) is 2.27. The predicted octanol–water partition coefficient (Wildman–Crippen LogP) is 3.63. The second-order valence-corrected chi connectivity index (χ2v) is 4.84. The first-order chi connectivity index (χ1) is 7.22. The topological polar surface area (TPSA) is 12.0 Å². The Hall–Kier alpha value is -0.980. The average molecular weight is 203 g/mol. The zero-order valence-corrected chi connectivity index (χ0v) is 10.0. The van der Waals surface area contributed by atoms with Crippen LogP contribution in [0.5, 0.6) is 0 Å². The summed E-state index contributed by atoms with van der Waals surface area (Å²) in [6, 6.07) is 7.35. The summed E-state index contributed by atoms with van der Waals surface area (Å²) in [5.41, 5.74) is 4.40. The SMILES string of the molecule is CCc1cccc2c1NC(C(C)C)CC2. The minimum atomic E-state index is 0.658. The van der Waals surface area contributed by atoms with Crippen LogP contribution >= 0.6 is 0 Å². The lowest BCUT2D eigenvalue weighted by Gasteiger charge is -2.31. The van der Waals surface area contributed by atoms with E-state index >= 15 is 0 Å². The summed E-state index contributed by atoms with van der Waals surface area (Å²) < 4.78 is 0. The van der Waals surface area contributed by atoms with Crippen molar-refractivity contribution in [1.82, 2.24) is 0 Å². The molecule has 1 heteroatoms. The van der Waals surface area contributed by atoms with E-state index in [2.05, 4.69) is 44.3 Å². The highest BCUT2D eigenvalue weighted by molar-refractivity contribution is 5.60. The number of rotatable bonds is 2. The van der Waals surface area contributed by atoms with Crippen molar-refractivity contribution in [1.29, 1.82) is 0 Å². The van der Waals surface area contributed by atoms with Crippen molar-refractivity contribution in [3.63, 3.8) is 0 Å². The van der Waals surface area contributed by atoms with E-state index < -0.39 is 0 Å². The third-order valence-corrected chi connectivity index (χ3v) is 3.48. The molecule has 1 heterocycles. The molecule has 15 heavy (non-hydrogen) atoms. The fraction of sp³-hybridized carbons (Fsp3) is 0.571. The molecule has 0 radical (unpaired) electrons. The summed E-state index contributed by atoms with van der Waals surface area (Å²) in [5.74, 6) is 0.725. The molecule has 0 amide bonds. The summed E-state index contributed by atoms with van der Waals surface area (Å²) in [6.07, 6.45) is 3.64. The lowest BCUT2D eigenvalue weighted by Crippen LogP contribution is -2.30. The van der Waals surface area contributed by atoms with Crippen molar-refractivity contribution < 1.29 is 0 Å². The highest BCUT2D eigenvalue weighted by Gasteiger charge is 2.21. The maximum atomic E-state index is 3.72. The Morgan fingerprint density at radius 3 is 2.87 bits per heavy atom. The predicted molar refractivity (Wildman–Crippen MR) is 66.4 cm³/mol. The molecule has 0 saturated heterocycles. The number of hydrogen-bond acceptors (Lipinski definition) is 1. The molecule has 1 nitrogen and oxygen atoms in total. The van der Waals surface area contributed by atoms with Crippen molar-refractivity contribution in [2.75, 3.05) is 5.32 Å². The lowest BCUT2D eigenvalue weighted by atomic mass is 9.89. The molecular formula is C14H21N. The van der Waals surface area contributed by atoms with Crippen LogP contribution in [-0.4, -0.2) is 6.04 Å². The highest BCUT2D eigenvalue weighted by atomic mass is 14.9. The summed E-state index contributed by atoms with van der Waals surface area (Å²) in [5, 5.41) is 3.72. The van der Waals surface area contributed by atoms with E-state index in [1.165, 1.54) is 29.7 Å². The molecule has 0 bridgehead atoms. The van der Waals surface area contributed by atoms with Gasteiger partial charge in [0.25, 0.3) is 0 Å². The fourth-order valence-corrected chi connectivity index (χ4v) is 2.41. The van der Waals surface area contributed by atoms with E-state index in [1.54, 1.807) is 0 Å². The number of anilines is 1. The van der Waals surface area contributed by atoms with Crippen LogP contribution in [0.1, 0.15) is 38.3 Å². The Labute approximate surface area is 92.9 Å². The van der Waals surface area contributed by atoms with Gasteiger partial charge in [-0.25, -0.2) is 0 Å². The van der Waals surface area contributed by atoms with Crippen molar-refractivity contribution >= 4 is 5.69 Å². The van der Waals surface area contributed by atoms with Crippen molar-refractivity contribution in [2.45, 2.75) is 46.1 Å². The van der Waals surface area contributed by atoms with E-state index in [0.717, 1.165) is 12.3 Å². The van der Waals surface area contributed by atoms with Gasteiger partial charge in [-0.15, -0.1) is 0 Å². The van der Waals surface area contributed by atoms with Crippen LogP contribution in [0.4, 0.5) is 5.69 Å². The number of para-hydroxylation sites is 1. The Morgan fingerprint density at radius 1 is 1.40 bits per heavy atom. The number of aryl methyl sites for hydroxylation is 2. The van der Waals surface area contributed by atoms with Gasteiger partial charge in [0, 0.05) is 11.7 Å². The van der Waals surface area contributed by atoms with Crippen LogP contribution in [0.3, 0.4) is 0 Å². The Balaban J connectivity index is 2.30. The molecule has 0 aromatic heterocycles. The van der Waals surface area contributed by atoms with E-state index in [1.807, 2.05) is 0 Å². The number of benzene rings is 1.